The average Bonchev–Trinajstić information content (AvgIpc) is 2.44. The Balaban J connectivity index is 1.85. The molecule has 0 spiro atoms. The Hall–Kier alpha value is -0.810. The zero-order valence-electron chi connectivity index (χ0n) is 11.9. The van der Waals surface area contributed by atoms with Gasteiger partial charge in [0.05, 0.1) is 22.0 Å². The Morgan fingerprint density at radius 3 is 3.05 bits per heavy atom. The predicted octanol–water partition coefficient (Wildman–Crippen LogP) is 2.87. The van der Waals surface area contributed by atoms with E-state index in [-0.39, 0.29) is 0 Å². The lowest BCUT2D eigenvalue weighted by atomic mass is 9.71. The van der Waals surface area contributed by atoms with Crippen LogP contribution in [0.15, 0.2) is 10.7 Å². The maximum Gasteiger partial charge on any atom is 0.143 e. The largest absolute Gasteiger partial charge is 0.397 e. The summed E-state index contributed by atoms with van der Waals surface area (Å²) >= 11 is 3.62. The molecular formula is C15H22BrN3O. The summed E-state index contributed by atoms with van der Waals surface area (Å²) in [5, 5.41) is 10.7. The van der Waals surface area contributed by atoms with Crippen molar-refractivity contribution in [1.82, 2.24) is 4.98 Å². The molecule has 2 heterocycles. The number of nitrogens with two attached hydrogens (primary N) is 1. The number of anilines is 2. The second-order valence-electron chi connectivity index (χ2n) is 6.22. The van der Waals surface area contributed by atoms with E-state index in [4.69, 9.17) is 5.73 Å². The van der Waals surface area contributed by atoms with Gasteiger partial charge in [0.1, 0.15) is 5.82 Å². The average molecular weight is 340 g/mol. The van der Waals surface area contributed by atoms with Gasteiger partial charge in [-0.25, -0.2) is 4.98 Å². The lowest BCUT2D eigenvalue weighted by Crippen LogP contribution is -2.53. The van der Waals surface area contributed by atoms with Gasteiger partial charge in [0.25, 0.3) is 0 Å². The van der Waals surface area contributed by atoms with Crippen molar-refractivity contribution in [3.8, 4) is 0 Å². The van der Waals surface area contributed by atoms with Crippen LogP contribution in [0.1, 0.15) is 37.7 Å². The van der Waals surface area contributed by atoms with E-state index in [2.05, 4.69) is 25.8 Å². The maximum atomic E-state index is 10.7. The normalized spacial score (nSPS) is 30.1. The van der Waals surface area contributed by atoms with Gasteiger partial charge in [-0.1, -0.05) is 12.8 Å². The molecule has 110 valence electrons. The molecule has 1 aromatic rings. The third-order valence-electron chi connectivity index (χ3n) is 5.01. The molecule has 2 unspecified atom stereocenters. The number of nitrogen functional groups attached to an aromatic ring is 1. The number of rotatable bonds is 1. The number of pyridine rings is 1. The fourth-order valence-corrected chi connectivity index (χ4v) is 4.14. The molecule has 1 aliphatic carbocycles. The summed E-state index contributed by atoms with van der Waals surface area (Å²) < 4.78 is 0.985. The number of fused-ring (bicyclic) bond motifs is 1. The monoisotopic (exact) mass is 339 g/mol. The topological polar surface area (TPSA) is 62.4 Å². The predicted molar refractivity (Wildman–Crippen MR) is 84.8 cm³/mol. The molecule has 3 rings (SSSR count). The number of hydrogen-bond acceptors (Lipinski definition) is 4. The summed E-state index contributed by atoms with van der Waals surface area (Å²) in [7, 11) is 0. The second-order valence-corrected chi connectivity index (χ2v) is 7.01. The third-order valence-corrected chi connectivity index (χ3v) is 5.96. The van der Waals surface area contributed by atoms with Crippen molar-refractivity contribution >= 4 is 27.4 Å². The number of halogens is 1. The Morgan fingerprint density at radius 2 is 2.25 bits per heavy atom. The van der Waals surface area contributed by atoms with Crippen molar-refractivity contribution in [3.05, 3.63) is 16.2 Å². The smallest absolute Gasteiger partial charge is 0.143 e. The van der Waals surface area contributed by atoms with E-state index >= 15 is 0 Å². The number of piperidine rings is 1. The lowest BCUT2D eigenvalue weighted by Gasteiger charge is -2.48. The third kappa shape index (κ3) is 2.31. The Morgan fingerprint density at radius 1 is 1.45 bits per heavy atom. The molecule has 0 bridgehead atoms. The van der Waals surface area contributed by atoms with Crippen LogP contribution in [-0.4, -0.2) is 28.8 Å². The van der Waals surface area contributed by atoms with Gasteiger partial charge in [0, 0.05) is 19.0 Å². The van der Waals surface area contributed by atoms with Crippen molar-refractivity contribution in [2.45, 2.75) is 44.6 Å². The Kier molecular flexibility index (Phi) is 3.67. The van der Waals surface area contributed by atoms with Gasteiger partial charge in [-0.3, -0.25) is 0 Å². The number of aromatic nitrogens is 1. The first-order chi connectivity index (χ1) is 9.51. The molecule has 2 fully saturated rings. The van der Waals surface area contributed by atoms with Gasteiger partial charge < -0.3 is 15.7 Å². The summed E-state index contributed by atoms with van der Waals surface area (Å²) in [6.07, 6.45) is 7.05. The van der Waals surface area contributed by atoms with Crippen LogP contribution in [-0.2, 0) is 0 Å². The molecule has 1 aliphatic heterocycles. The van der Waals surface area contributed by atoms with Crippen molar-refractivity contribution in [2.24, 2.45) is 5.92 Å². The highest BCUT2D eigenvalue weighted by Crippen LogP contribution is 2.42. The summed E-state index contributed by atoms with van der Waals surface area (Å²) in [4.78, 5) is 6.79. The van der Waals surface area contributed by atoms with E-state index < -0.39 is 5.60 Å². The van der Waals surface area contributed by atoms with Crippen LogP contribution in [0, 0.1) is 12.8 Å². The quantitative estimate of drug-likeness (QED) is 0.825. The van der Waals surface area contributed by atoms with E-state index in [1.807, 2.05) is 6.92 Å². The first-order valence-electron chi connectivity index (χ1n) is 7.39. The highest BCUT2D eigenvalue weighted by Gasteiger charge is 2.43. The van der Waals surface area contributed by atoms with E-state index in [9.17, 15) is 5.11 Å². The summed E-state index contributed by atoms with van der Waals surface area (Å²) in [6.45, 7) is 3.76. The molecule has 0 radical (unpaired) electrons. The van der Waals surface area contributed by atoms with Gasteiger partial charge >= 0.3 is 0 Å². The van der Waals surface area contributed by atoms with Gasteiger partial charge in [-0.15, -0.1) is 0 Å². The number of aliphatic hydroxyl groups is 1. The zero-order chi connectivity index (χ0) is 14.3. The minimum Gasteiger partial charge on any atom is -0.397 e. The Labute approximate surface area is 128 Å². The zero-order valence-corrected chi connectivity index (χ0v) is 13.5. The molecule has 20 heavy (non-hydrogen) atoms. The van der Waals surface area contributed by atoms with E-state index in [0.717, 1.165) is 54.6 Å². The molecule has 0 aromatic carbocycles. The molecule has 0 amide bonds. The molecule has 5 heteroatoms. The highest BCUT2D eigenvalue weighted by molar-refractivity contribution is 9.10. The highest BCUT2D eigenvalue weighted by atomic mass is 79.9. The molecule has 1 saturated carbocycles. The van der Waals surface area contributed by atoms with Crippen LogP contribution in [0.4, 0.5) is 11.5 Å². The first kappa shape index (κ1) is 14.1. The summed E-state index contributed by atoms with van der Waals surface area (Å²) in [5.41, 5.74) is 7.21. The standard InChI is InChI=1S/C15H22BrN3O/c1-10-12(17)8-18-14(13(10)16)19-7-6-15(20)5-3-2-4-11(15)9-19/h8,11,20H,2-7,9,17H2,1H3. The maximum absolute atomic E-state index is 10.7. The SMILES string of the molecule is Cc1c(N)cnc(N2CCC3(O)CCCCC3C2)c1Br. The minimum absolute atomic E-state index is 0.372. The van der Waals surface area contributed by atoms with Crippen molar-refractivity contribution in [2.75, 3.05) is 23.7 Å². The fourth-order valence-electron chi connectivity index (χ4n) is 3.56. The van der Waals surface area contributed by atoms with Crippen molar-refractivity contribution < 1.29 is 5.11 Å². The molecule has 3 N–H and O–H groups in total. The van der Waals surface area contributed by atoms with Crippen LogP contribution >= 0.6 is 15.9 Å². The van der Waals surface area contributed by atoms with Gasteiger partial charge in [0.2, 0.25) is 0 Å². The van der Waals surface area contributed by atoms with Gasteiger partial charge in [-0.2, -0.15) is 0 Å². The second kappa shape index (κ2) is 5.19. The molecule has 2 atom stereocenters. The lowest BCUT2D eigenvalue weighted by molar-refractivity contribution is -0.0613. The van der Waals surface area contributed by atoms with Crippen LogP contribution < -0.4 is 10.6 Å². The van der Waals surface area contributed by atoms with Crippen LogP contribution in [0.25, 0.3) is 0 Å². The summed E-state index contributed by atoms with van der Waals surface area (Å²) in [5.74, 6) is 1.33. The van der Waals surface area contributed by atoms with Gasteiger partial charge in [0.15, 0.2) is 0 Å². The van der Waals surface area contributed by atoms with Crippen molar-refractivity contribution in [1.29, 1.82) is 0 Å². The van der Waals surface area contributed by atoms with Gasteiger partial charge in [-0.05, 0) is 47.7 Å². The van der Waals surface area contributed by atoms with E-state index in [1.54, 1.807) is 6.20 Å². The number of nitrogens with zero attached hydrogens (tertiary/aromatic N) is 2. The van der Waals surface area contributed by atoms with Crippen LogP contribution in [0.2, 0.25) is 0 Å². The van der Waals surface area contributed by atoms with E-state index in [0.29, 0.717) is 11.6 Å². The fraction of sp³-hybridized carbons (Fsp3) is 0.667. The number of hydrogen-bond donors (Lipinski definition) is 2. The molecule has 4 nitrogen and oxygen atoms in total. The Bertz CT molecular complexity index is 522. The van der Waals surface area contributed by atoms with E-state index in [1.165, 1.54) is 6.42 Å². The molecular weight excluding hydrogens is 318 g/mol. The minimum atomic E-state index is -0.440. The van der Waals surface area contributed by atoms with Crippen molar-refractivity contribution in [3.63, 3.8) is 0 Å². The molecule has 1 saturated heterocycles. The molecule has 2 aliphatic rings. The van der Waals surface area contributed by atoms with Crippen LogP contribution in [0.3, 0.4) is 0 Å². The van der Waals surface area contributed by atoms with Crippen LogP contribution in [0.5, 0.6) is 0 Å². The first-order valence-corrected chi connectivity index (χ1v) is 8.18. The molecule has 1 aromatic heterocycles. The summed E-state index contributed by atoms with van der Waals surface area (Å²) in [6, 6.07) is 0.